The number of sulfonamides is 1. The Bertz CT molecular complexity index is 871. The van der Waals surface area contributed by atoms with Gasteiger partial charge in [-0.2, -0.15) is 4.31 Å². The van der Waals surface area contributed by atoms with E-state index in [1.807, 2.05) is 0 Å². The highest BCUT2D eigenvalue weighted by Crippen LogP contribution is 2.23. The van der Waals surface area contributed by atoms with E-state index in [9.17, 15) is 17.6 Å². The van der Waals surface area contributed by atoms with Crippen LogP contribution in [-0.2, 0) is 14.8 Å². The van der Waals surface area contributed by atoms with Crippen molar-refractivity contribution in [2.75, 3.05) is 25.5 Å². The van der Waals surface area contributed by atoms with E-state index >= 15 is 0 Å². The molecule has 2 aromatic carbocycles. The Morgan fingerprint density at radius 3 is 2.58 bits per heavy atom. The van der Waals surface area contributed by atoms with Gasteiger partial charge in [0.1, 0.15) is 11.6 Å². The number of carbonyl (C=O) groups is 1. The first-order chi connectivity index (χ1) is 12.4. The lowest BCUT2D eigenvalue weighted by Gasteiger charge is -2.21. The molecule has 2 aromatic rings. The standard InChI is InChI=1S/C18H21FN2O4S/c1-3-11-21(26(23,24)15-8-6-7-14(19)12-15)13-18(22)20-16-9-4-5-10-17(16)25-2/h4-10,12H,3,11,13H2,1-2H3,(H,20,22). The summed E-state index contributed by atoms with van der Waals surface area (Å²) >= 11 is 0. The van der Waals surface area contributed by atoms with E-state index in [1.54, 1.807) is 31.2 Å². The molecule has 0 saturated carbocycles. The van der Waals surface area contributed by atoms with Gasteiger partial charge in [0.25, 0.3) is 0 Å². The average Bonchev–Trinajstić information content (AvgIpc) is 2.61. The molecule has 140 valence electrons. The lowest BCUT2D eigenvalue weighted by Crippen LogP contribution is -2.38. The van der Waals surface area contributed by atoms with Crippen LogP contribution in [-0.4, -0.2) is 38.8 Å². The zero-order valence-electron chi connectivity index (χ0n) is 14.6. The molecule has 0 atom stereocenters. The predicted molar refractivity (Wildman–Crippen MR) is 97.1 cm³/mol. The molecule has 0 bridgehead atoms. The molecule has 0 aromatic heterocycles. The van der Waals surface area contributed by atoms with E-state index in [-0.39, 0.29) is 18.0 Å². The minimum atomic E-state index is -3.99. The highest BCUT2D eigenvalue weighted by Gasteiger charge is 2.26. The number of carbonyl (C=O) groups excluding carboxylic acids is 1. The van der Waals surface area contributed by atoms with Crippen LogP contribution in [0.25, 0.3) is 0 Å². The maximum absolute atomic E-state index is 13.4. The molecule has 0 aliphatic carbocycles. The fourth-order valence-electron chi connectivity index (χ4n) is 2.41. The second-order valence-corrected chi connectivity index (χ2v) is 7.48. The number of nitrogens with one attached hydrogen (secondary N) is 1. The third-order valence-electron chi connectivity index (χ3n) is 3.61. The molecule has 2 rings (SSSR count). The van der Waals surface area contributed by atoms with Crippen LogP contribution in [0.1, 0.15) is 13.3 Å². The van der Waals surface area contributed by atoms with E-state index in [4.69, 9.17) is 4.74 Å². The van der Waals surface area contributed by atoms with Gasteiger partial charge in [0.15, 0.2) is 0 Å². The Morgan fingerprint density at radius 1 is 1.19 bits per heavy atom. The van der Waals surface area contributed by atoms with Crippen molar-refractivity contribution in [2.45, 2.75) is 18.2 Å². The average molecular weight is 380 g/mol. The number of hydrogen-bond donors (Lipinski definition) is 1. The molecule has 6 nitrogen and oxygen atoms in total. The maximum atomic E-state index is 13.4. The van der Waals surface area contributed by atoms with Crippen molar-refractivity contribution >= 4 is 21.6 Å². The number of ether oxygens (including phenoxy) is 1. The lowest BCUT2D eigenvalue weighted by atomic mass is 10.3. The highest BCUT2D eigenvalue weighted by molar-refractivity contribution is 7.89. The zero-order chi connectivity index (χ0) is 19.2. The zero-order valence-corrected chi connectivity index (χ0v) is 15.4. The van der Waals surface area contributed by atoms with Gasteiger partial charge in [0, 0.05) is 6.54 Å². The van der Waals surface area contributed by atoms with E-state index in [0.717, 1.165) is 16.4 Å². The van der Waals surface area contributed by atoms with Crippen LogP contribution in [0, 0.1) is 5.82 Å². The number of para-hydroxylation sites is 2. The third-order valence-corrected chi connectivity index (χ3v) is 5.45. The molecule has 0 radical (unpaired) electrons. The van der Waals surface area contributed by atoms with Gasteiger partial charge in [0.05, 0.1) is 24.2 Å². The number of nitrogens with zero attached hydrogens (tertiary/aromatic N) is 1. The Kier molecular flexibility index (Phi) is 6.70. The van der Waals surface area contributed by atoms with Crippen LogP contribution in [0.3, 0.4) is 0 Å². The molecule has 0 saturated heterocycles. The fraction of sp³-hybridized carbons (Fsp3) is 0.278. The second-order valence-electron chi connectivity index (χ2n) is 5.54. The molecular weight excluding hydrogens is 359 g/mol. The van der Waals surface area contributed by atoms with Crippen LogP contribution in [0.2, 0.25) is 0 Å². The number of rotatable bonds is 8. The summed E-state index contributed by atoms with van der Waals surface area (Å²) in [5, 5.41) is 2.64. The number of hydrogen-bond acceptors (Lipinski definition) is 4. The van der Waals surface area contributed by atoms with Gasteiger partial charge >= 0.3 is 0 Å². The van der Waals surface area contributed by atoms with Crippen molar-refractivity contribution < 1.29 is 22.3 Å². The molecule has 1 amide bonds. The first-order valence-electron chi connectivity index (χ1n) is 8.07. The Morgan fingerprint density at radius 2 is 1.92 bits per heavy atom. The van der Waals surface area contributed by atoms with Crippen molar-refractivity contribution in [3.63, 3.8) is 0 Å². The van der Waals surface area contributed by atoms with Crippen molar-refractivity contribution in [1.82, 2.24) is 4.31 Å². The van der Waals surface area contributed by atoms with E-state index in [2.05, 4.69) is 5.32 Å². The van der Waals surface area contributed by atoms with Gasteiger partial charge in [-0.25, -0.2) is 12.8 Å². The number of benzene rings is 2. The molecule has 0 aliphatic heterocycles. The summed E-state index contributed by atoms with van der Waals surface area (Å²) in [6, 6.07) is 11.6. The largest absolute Gasteiger partial charge is 0.495 e. The van der Waals surface area contributed by atoms with Gasteiger partial charge in [-0.15, -0.1) is 0 Å². The molecule has 26 heavy (non-hydrogen) atoms. The van der Waals surface area contributed by atoms with Crippen molar-refractivity contribution in [3.05, 3.63) is 54.3 Å². The quantitative estimate of drug-likeness (QED) is 0.764. The number of methoxy groups -OCH3 is 1. The third kappa shape index (κ3) is 4.80. The minimum Gasteiger partial charge on any atom is -0.495 e. The van der Waals surface area contributed by atoms with E-state index < -0.39 is 21.7 Å². The number of amides is 1. The van der Waals surface area contributed by atoms with Crippen LogP contribution >= 0.6 is 0 Å². The molecule has 0 heterocycles. The van der Waals surface area contributed by atoms with Gasteiger partial charge in [0.2, 0.25) is 15.9 Å². The minimum absolute atomic E-state index is 0.137. The van der Waals surface area contributed by atoms with Crippen LogP contribution < -0.4 is 10.1 Å². The molecular formula is C18H21FN2O4S. The predicted octanol–water partition coefficient (Wildman–Crippen LogP) is 2.87. The molecule has 0 spiro atoms. The molecule has 1 N–H and O–H groups in total. The topological polar surface area (TPSA) is 75.7 Å². The second kappa shape index (κ2) is 8.77. The Balaban J connectivity index is 2.20. The molecule has 0 aliphatic rings. The van der Waals surface area contributed by atoms with Crippen molar-refractivity contribution in [2.24, 2.45) is 0 Å². The molecule has 8 heteroatoms. The van der Waals surface area contributed by atoms with Gasteiger partial charge in [-0.1, -0.05) is 25.1 Å². The van der Waals surface area contributed by atoms with Crippen LogP contribution in [0.5, 0.6) is 5.75 Å². The first-order valence-corrected chi connectivity index (χ1v) is 9.51. The normalized spacial score (nSPS) is 11.4. The Labute approximate surface area is 152 Å². The highest BCUT2D eigenvalue weighted by atomic mass is 32.2. The van der Waals surface area contributed by atoms with Gasteiger partial charge in [-0.3, -0.25) is 4.79 Å². The summed E-state index contributed by atoms with van der Waals surface area (Å²) in [5.41, 5.74) is 0.444. The monoisotopic (exact) mass is 380 g/mol. The smallest absolute Gasteiger partial charge is 0.243 e. The van der Waals surface area contributed by atoms with Crippen LogP contribution in [0.15, 0.2) is 53.4 Å². The number of halogens is 1. The number of anilines is 1. The van der Waals surface area contributed by atoms with Gasteiger partial charge < -0.3 is 10.1 Å². The molecule has 0 fully saturated rings. The Hall–Kier alpha value is -2.45. The SMILES string of the molecule is CCCN(CC(=O)Nc1ccccc1OC)S(=O)(=O)c1cccc(F)c1. The lowest BCUT2D eigenvalue weighted by molar-refractivity contribution is -0.116. The van der Waals surface area contributed by atoms with Crippen molar-refractivity contribution in [3.8, 4) is 5.75 Å². The van der Waals surface area contributed by atoms with E-state index in [1.165, 1.54) is 19.2 Å². The van der Waals surface area contributed by atoms with E-state index in [0.29, 0.717) is 17.9 Å². The summed E-state index contributed by atoms with van der Waals surface area (Å²) in [6.45, 7) is 1.55. The summed E-state index contributed by atoms with van der Waals surface area (Å²) < 4.78 is 45.1. The van der Waals surface area contributed by atoms with Crippen LogP contribution in [0.4, 0.5) is 10.1 Å². The maximum Gasteiger partial charge on any atom is 0.243 e. The van der Waals surface area contributed by atoms with Crippen molar-refractivity contribution in [1.29, 1.82) is 0 Å². The summed E-state index contributed by atoms with van der Waals surface area (Å²) in [5.74, 6) is -0.695. The summed E-state index contributed by atoms with van der Waals surface area (Å²) in [7, 11) is -2.51. The fourth-order valence-corrected chi connectivity index (χ4v) is 3.93. The first kappa shape index (κ1) is 19.9. The summed E-state index contributed by atoms with van der Waals surface area (Å²) in [4.78, 5) is 12.2. The van der Waals surface area contributed by atoms with Gasteiger partial charge in [-0.05, 0) is 36.8 Å². The molecule has 0 unspecified atom stereocenters. The summed E-state index contributed by atoms with van der Waals surface area (Å²) in [6.07, 6.45) is 0.510.